The molecule has 1 N–H and O–H groups in total. The summed E-state index contributed by atoms with van der Waals surface area (Å²) in [7, 11) is 1.84. The second-order valence-corrected chi connectivity index (χ2v) is 5.74. The van der Waals surface area contributed by atoms with Crippen molar-refractivity contribution in [2.24, 2.45) is 13.0 Å². The van der Waals surface area contributed by atoms with E-state index < -0.39 is 0 Å². The smallest absolute Gasteiger partial charge is 0.272 e. The Morgan fingerprint density at radius 2 is 2.20 bits per heavy atom. The standard InChI is InChI=1S/C15H26N4O/c1-4-9-19(11-13-5-7-16-8-6-13)15(20)14-10-12(2)17-18(14)3/h10,13,16H,4-9,11H2,1-3H3. The fourth-order valence-electron chi connectivity index (χ4n) is 2.89. The minimum absolute atomic E-state index is 0.119. The Hall–Kier alpha value is -1.36. The molecule has 1 fully saturated rings. The summed E-state index contributed by atoms with van der Waals surface area (Å²) in [5, 5.41) is 7.66. The molecule has 0 spiro atoms. The number of piperidine rings is 1. The maximum absolute atomic E-state index is 12.7. The van der Waals surface area contributed by atoms with Crippen molar-refractivity contribution in [1.82, 2.24) is 20.0 Å². The summed E-state index contributed by atoms with van der Waals surface area (Å²) < 4.78 is 1.70. The third kappa shape index (κ3) is 3.60. The van der Waals surface area contributed by atoms with Gasteiger partial charge < -0.3 is 10.2 Å². The lowest BCUT2D eigenvalue weighted by Gasteiger charge is -2.30. The van der Waals surface area contributed by atoms with Gasteiger partial charge in [-0.15, -0.1) is 0 Å². The van der Waals surface area contributed by atoms with Crippen LogP contribution in [0.15, 0.2) is 6.07 Å². The second kappa shape index (κ2) is 6.88. The lowest BCUT2D eigenvalue weighted by Crippen LogP contribution is -2.40. The van der Waals surface area contributed by atoms with E-state index in [1.54, 1.807) is 4.68 Å². The molecule has 0 atom stereocenters. The van der Waals surface area contributed by atoms with Crippen LogP contribution in [0.1, 0.15) is 42.4 Å². The molecule has 1 aromatic rings. The first-order chi connectivity index (χ1) is 9.61. The Morgan fingerprint density at radius 3 is 2.75 bits per heavy atom. The normalized spacial score (nSPS) is 16.4. The lowest BCUT2D eigenvalue weighted by atomic mass is 9.97. The minimum Gasteiger partial charge on any atom is -0.337 e. The van der Waals surface area contributed by atoms with Crippen LogP contribution in [0.3, 0.4) is 0 Å². The molecule has 1 saturated heterocycles. The molecule has 5 nitrogen and oxygen atoms in total. The summed E-state index contributed by atoms with van der Waals surface area (Å²) >= 11 is 0. The SMILES string of the molecule is CCCN(CC1CCNCC1)C(=O)c1cc(C)nn1C. The van der Waals surface area contributed by atoms with Gasteiger partial charge >= 0.3 is 0 Å². The van der Waals surface area contributed by atoms with Crippen molar-refractivity contribution in [1.29, 1.82) is 0 Å². The number of rotatable bonds is 5. The first-order valence-corrected chi connectivity index (χ1v) is 7.62. The summed E-state index contributed by atoms with van der Waals surface area (Å²) in [4.78, 5) is 14.7. The zero-order valence-electron chi connectivity index (χ0n) is 12.9. The number of aryl methyl sites for hydroxylation is 2. The van der Waals surface area contributed by atoms with Crippen molar-refractivity contribution in [2.45, 2.75) is 33.1 Å². The van der Waals surface area contributed by atoms with Crippen LogP contribution >= 0.6 is 0 Å². The molecule has 0 aromatic carbocycles. The maximum Gasteiger partial charge on any atom is 0.272 e. The van der Waals surface area contributed by atoms with Crippen LogP contribution in [-0.2, 0) is 7.05 Å². The van der Waals surface area contributed by atoms with Gasteiger partial charge in [0.05, 0.1) is 5.69 Å². The molecule has 112 valence electrons. The molecular formula is C15H26N4O. The largest absolute Gasteiger partial charge is 0.337 e. The molecular weight excluding hydrogens is 252 g/mol. The van der Waals surface area contributed by atoms with Crippen molar-refractivity contribution in [3.8, 4) is 0 Å². The summed E-state index contributed by atoms with van der Waals surface area (Å²) in [5.41, 5.74) is 1.60. The first kappa shape index (κ1) is 15.0. The van der Waals surface area contributed by atoms with Crippen LogP contribution in [0.25, 0.3) is 0 Å². The number of hydrogen-bond acceptors (Lipinski definition) is 3. The minimum atomic E-state index is 0.119. The number of carbonyl (C=O) groups is 1. The van der Waals surface area contributed by atoms with Crippen LogP contribution in [0.4, 0.5) is 0 Å². The molecule has 2 heterocycles. The third-order valence-corrected chi connectivity index (χ3v) is 3.94. The fourth-order valence-corrected chi connectivity index (χ4v) is 2.89. The third-order valence-electron chi connectivity index (χ3n) is 3.94. The number of nitrogens with zero attached hydrogens (tertiary/aromatic N) is 3. The molecule has 2 rings (SSSR count). The summed E-state index contributed by atoms with van der Waals surface area (Å²) in [5.74, 6) is 0.745. The van der Waals surface area contributed by atoms with E-state index in [0.717, 1.165) is 51.1 Å². The second-order valence-electron chi connectivity index (χ2n) is 5.74. The average molecular weight is 278 g/mol. The highest BCUT2D eigenvalue weighted by Gasteiger charge is 2.23. The van der Waals surface area contributed by atoms with Crippen LogP contribution in [0.2, 0.25) is 0 Å². The van der Waals surface area contributed by atoms with Gasteiger partial charge in [0.1, 0.15) is 5.69 Å². The van der Waals surface area contributed by atoms with E-state index in [9.17, 15) is 4.79 Å². The Kier molecular flexibility index (Phi) is 5.17. The predicted octanol–water partition coefficient (Wildman–Crippen LogP) is 1.58. The zero-order valence-corrected chi connectivity index (χ0v) is 12.9. The van der Waals surface area contributed by atoms with Gasteiger partial charge in [0.15, 0.2) is 0 Å². The highest BCUT2D eigenvalue weighted by molar-refractivity contribution is 5.92. The molecule has 1 amide bonds. The van der Waals surface area contributed by atoms with E-state index in [1.807, 2.05) is 24.9 Å². The molecule has 20 heavy (non-hydrogen) atoms. The van der Waals surface area contributed by atoms with Gasteiger partial charge in [0.25, 0.3) is 5.91 Å². The Morgan fingerprint density at radius 1 is 1.50 bits per heavy atom. The van der Waals surface area contributed by atoms with Crippen molar-refractivity contribution in [3.05, 3.63) is 17.5 Å². The molecule has 1 aliphatic heterocycles. The lowest BCUT2D eigenvalue weighted by molar-refractivity contribution is 0.0705. The van der Waals surface area contributed by atoms with Gasteiger partial charge in [-0.25, -0.2) is 0 Å². The van der Waals surface area contributed by atoms with E-state index in [0.29, 0.717) is 11.6 Å². The van der Waals surface area contributed by atoms with Crippen LogP contribution in [-0.4, -0.2) is 46.8 Å². The molecule has 1 aliphatic rings. The molecule has 0 aliphatic carbocycles. The topological polar surface area (TPSA) is 50.2 Å². The Bertz CT molecular complexity index is 449. The summed E-state index contributed by atoms with van der Waals surface area (Å²) in [6.45, 7) is 7.89. The molecule has 0 bridgehead atoms. The molecule has 5 heteroatoms. The van der Waals surface area contributed by atoms with E-state index in [4.69, 9.17) is 0 Å². The van der Waals surface area contributed by atoms with Crippen LogP contribution in [0.5, 0.6) is 0 Å². The van der Waals surface area contributed by atoms with Crippen molar-refractivity contribution in [3.63, 3.8) is 0 Å². The predicted molar refractivity (Wildman–Crippen MR) is 79.7 cm³/mol. The van der Waals surface area contributed by atoms with Gasteiger partial charge in [-0.2, -0.15) is 5.10 Å². The Labute approximate surface area is 121 Å². The molecule has 1 aromatic heterocycles. The number of hydrogen-bond donors (Lipinski definition) is 1. The Balaban J connectivity index is 2.06. The van der Waals surface area contributed by atoms with E-state index >= 15 is 0 Å². The monoisotopic (exact) mass is 278 g/mol. The van der Waals surface area contributed by atoms with Gasteiger partial charge in [0, 0.05) is 20.1 Å². The number of amides is 1. The first-order valence-electron chi connectivity index (χ1n) is 7.62. The number of carbonyl (C=O) groups excluding carboxylic acids is 1. The van der Waals surface area contributed by atoms with Crippen molar-refractivity contribution >= 4 is 5.91 Å². The maximum atomic E-state index is 12.7. The number of aromatic nitrogens is 2. The quantitative estimate of drug-likeness (QED) is 0.889. The molecule has 0 unspecified atom stereocenters. The van der Waals surface area contributed by atoms with Gasteiger partial charge in [-0.3, -0.25) is 9.48 Å². The van der Waals surface area contributed by atoms with Crippen molar-refractivity contribution < 1.29 is 4.79 Å². The van der Waals surface area contributed by atoms with Gasteiger partial charge in [0.2, 0.25) is 0 Å². The van der Waals surface area contributed by atoms with Gasteiger partial charge in [-0.05, 0) is 51.3 Å². The van der Waals surface area contributed by atoms with Crippen molar-refractivity contribution in [2.75, 3.05) is 26.2 Å². The average Bonchev–Trinajstić information content (AvgIpc) is 2.77. The van der Waals surface area contributed by atoms with Crippen LogP contribution < -0.4 is 5.32 Å². The summed E-state index contributed by atoms with van der Waals surface area (Å²) in [6, 6.07) is 1.88. The van der Waals surface area contributed by atoms with E-state index in [1.165, 1.54) is 0 Å². The van der Waals surface area contributed by atoms with Gasteiger partial charge in [-0.1, -0.05) is 6.92 Å². The van der Waals surface area contributed by atoms with Crippen LogP contribution in [0, 0.1) is 12.8 Å². The number of nitrogens with one attached hydrogen (secondary N) is 1. The zero-order chi connectivity index (χ0) is 14.5. The fraction of sp³-hybridized carbons (Fsp3) is 0.733. The van der Waals surface area contributed by atoms with E-state index in [2.05, 4.69) is 17.3 Å². The highest BCUT2D eigenvalue weighted by atomic mass is 16.2. The van der Waals surface area contributed by atoms with E-state index in [-0.39, 0.29) is 5.91 Å². The molecule has 0 saturated carbocycles. The molecule has 0 radical (unpaired) electrons. The highest BCUT2D eigenvalue weighted by Crippen LogP contribution is 2.16. The summed E-state index contributed by atoms with van der Waals surface area (Å²) in [6.07, 6.45) is 3.32.